The van der Waals surface area contributed by atoms with E-state index in [1.165, 1.54) is 41.5 Å². The molecule has 0 aliphatic rings. The fourth-order valence-corrected chi connectivity index (χ4v) is 6.26. The molecule has 0 radical (unpaired) electrons. The number of amides is 2. The lowest BCUT2D eigenvalue weighted by Gasteiger charge is -2.25. The van der Waals surface area contributed by atoms with Crippen LogP contribution in [0.2, 0.25) is 0 Å². The standard InChI is InChI=1S/C34H39N5O7S2/c1-22-21-47-31(36-22)20-38(2)33(42)26-12-8-11-25(16-26)32(41)37-29(15-23-9-6-5-7-10-23)30(40)19-35-18-24-13-27(34(43)44)17-28(14-24)39(3)48(4,45)46/h5-14,16-17,21,29-30,35,40H,15,18-20H2,1-4H3,(H,37,41)(H,43,44)/t29-,30+/m0/s1. The average molecular weight is 694 g/mol. The highest BCUT2D eigenvalue weighted by molar-refractivity contribution is 7.92. The first-order chi connectivity index (χ1) is 22.7. The van der Waals surface area contributed by atoms with Crippen molar-refractivity contribution in [2.45, 2.75) is 38.6 Å². The van der Waals surface area contributed by atoms with E-state index in [4.69, 9.17) is 0 Å². The number of aryl methyl sites for hydroxylation is 1. The van der Waals surface area contributed by atoms with Gasteiger partial charge in [0.2, 0.25) is 10.0 Å². The molecular formula is C34H39N5O7S2. The van der Waals surface area contributed by atoms with Gasteiger partial charge in [0.05, 0.1) is 36.2 Å². The molecule has 0 spiro atoms. The molecule has 254 valence electrons. The van der Waals surface area contributed by atoms with Gasteiger partial charge in [0.25, 0.3) is 11.8 Å². The summed E-state index contributed by atoms with van der Waals surface area (Å²) in [6, 6.07) is 19.3. The highest BCUT2D eigenvalue weighted by Gasteiger charge is 2.24. The van der Waals surface area contributed by atoms with Crippen molar-refractivity contribution in [1.82, 2.24) is 20.5 Å². The fraction of sp³-hybridized carbons (Fsp3) is 0.294. The number of aliphatic hydroxyl groups is 1. The molecule has 4 rings (SSSR count). The second-order valence-electron chi connectivity index (χ2n) is 11.5. The van der Waals surface area contributed by atoms with Gasteiger partial charge in [-0.05, 0) is 60.9 Å². The Hall–Kier alpha value is -4.63. The Morgan fingerprint density at radius 1 is 0.938 bits per heavy atom. The van der Waals surface area contributed by atoms with Crippen molar-refractivity contribution in [1.29, 1.82) is 0 Å². The molecule has 1 heterocycles. The molecule has 0 saturated carbocycles. The highest BCUT2D eigenvalue weighted by Crippen LogP contribution is 2.21. The van der Waals surface area contributed by atoms with Crippen molar-refractivity contribution >= 4 is 44.8 Å². The van der Waals surface area contributed by atoms with Crippen LogP contribution in [0.1, 0.15) is 52.9 Å². The first-order valence-corrected chi connectivity index (χ1v) is 17.8. The van der Waals surface area contributed by atoms with Crippen molar-refractivity contribution in [2.75, 3.05) is 31.2 Å². The number of carbonyl (C=O) groups excluding carboxylic acids is 2. The zero-order valence-electron chi connectivity index (χ0n) is 27.1. The van der Waals surface area contributed by atoms with E-state index in [9.17, 15) is 33.0 Å². The molecular weight excluding hydrogens is 655 g/mol. The molecule has 2 atom stereocenters. The Kier molecular flexibility index (Phi) is 12.1. The van der Waals surface area contributed by atoms with E-state index in [1.807, 2.05) is 42.6 Å². The summed E-state index contributed by atoms with van der Waals surface area (Å²) in [7, 11) is -0.623. The van der Waals surface area contributed by atoms with Crippen LogP contribution in [0.15, 0.2) is 78.2 Å². The average Bonchev–Trinajstić information content (AvgIpc) is 3.47. The van der Waals surface area contributed by atoms with Gasteiger partial charge in [-0.3, -0.25) is 13.9 Å². The largest absolute Gasteiger partial charge is 0.478 e. The van der Waals surface area contributed by atoms with Gasteiger partial charge in [-0.1, -0.05) is 36.4 Å². The lowest BCUT2D eigenvalue weighted by molar-refractivity contribution is 0.0695. The van der Waals surface area contributed by atoms with Gasteiger partial charge in [0.15, 0.2) is 0 Å². The number of carbonyl (C=O) groups is 3. The van der Waals surface area contributed by atoms with Crippen LogP contribution in [-0.4, -0.2) is 85.3 Å². The van der Waals surface area contributed by atoms with E-state index in [-0.39, 0.29) is 35.8 Å². The molecule has 0 bridgehead atoms. The minimum atomic E-state index is -3.63. The molecule has 0 unspecified atom stereocenters. The van der Waals surface area contributed by atoms with Gasteiger partial charge in [0, 0.05) is 49.4 Å². The maximum Gasteiger partial charge on any atom is 0.335 e. The summed E-state index contributed by atoms with van der Waals surface area (Å²) >= 11 is 1.47. The molecule has 1 aromatic heterocycles. The lowest BCUT2D eigenvalue weighted by Crippen LogP contribution is -2.48. The molecule has 0 fully saturated rings. The molecule has 4 N–H and O–H groups in total. The number of benzene rings is 3. The number of hydrogen-bond donors (Lipinski definition) is 4. The number of sulfonamides is 1. The van der Waals surface area contributed by atoms with Crippen LogP contribution in [0.25, 0.3) is 0 Å². The van der Waals surface area contributed by atoms with Crippen molar-refractivity contribution in [3.63, 3.8) is 0 Å². The highest BCUT2D eigenvalue weighted by atomic mass is 32.2. The van der Waals surface area contributed by atoms with Crippen LogP contribution >= 0.6 is 11.3 Å². The summed E-state index contributed by atoms with van der Waals surface area (Å²) in [5.41, 5.74) is 2.96. The van der Waals surface area contributed by atoms with E-state index in [2.05, 4.69) is 15.6 Å². The summed E-state index contributed by atoms with van der Waals surface area (Å²) in [6.07, 6.45) is 0.252. The number of nitrogens with zero attached hydrogens (tertiary/aromatic N) is 3. The topological polar surface area (TPSA) is 169 Å². The molecule has 3 aromatic carbocycles. The van der Waals surface area contributed by atoms with Gasteiger partial charge >= 0.3 is 5.97 Å². The van der Waals surface area contributed by atoms with Crippen LogP contribution in [0.4, 0.5) is 5.69 Å². The minimum absolute atomic E-state index is 0.0197. The minimum Gasteiger partial charge on any atom is -0.478 e. The monoisotopic (exact) mass is 693 g/mol. The van der Waals surface area contributed by atoms with Crippen molar-refractivity contribution in [2.24, 2.45) is 0 Å². The van der Waals surface area contributed by atoms with E-state index in [0.29, 0.717) is 24.1 Å². The quantitative estimate of drug-likeness (QED) is 0.146. The number of nitrogens with one attached hydrogen (secondary N) is 2. The van der Waals surface area contributed by atoms with E-state index >= 15 is 0 Å². The Morgan fingerprint density at radius 2 is 1.65 bits per heavy atom. The first-order valence-electron chi connectivity index (χ1n) is 15.0. The van der Waals surface area contributed by atoms with Gasteiger partial charge < -0.3 is 25.7 Å². The Morgan fingerprint density at radius 3 is 2.29 bits per heavy atom. The predicted molar refractivity (Wildman–Crippen MR) is 185 cm³/mol. The van der Waals surface area contributed by atoms with E-state index < -0.39 is 34.0 Å². The Labute approximate surface area is 284 Å². The van der Waals surface area contributed by atoms with Crippen molar-refractivity contribution < 1.29 is 33.0 Å². The SMILES string of the molecule is Cc1csc(CN(C)C(=O)c2cccc(C(=O)N[C@@H](Cc3ccccc3)[C@H](O)CNCc3cc(C(=O)O)cc(N(C)S(C)(=O)=O)c3)c2)n1. The van der Waals surface area contributed by atoms with E-state index in [1.54, 1.807) is 31.3 Å². The number of aromatic carboxylic acids is 1. The van der Waals surface area contributed by atoms with Gasteiger partial charge in [-0.2, -0.15) is 0 Å². The van der Waals surface area contributed by atoms with Crippen LogP contribution < -0.4 is 14.9 Å². The van der Waals surface area contributed by atoms with Crippen molar-refractivity contribution in [3.8, 4) is 0 Å². The number of carboxylic acids is 1. The summed E-state index contributed by atoms with van der Waals surface area (Å²) in [5, 5.41) is 29.6. The van der Waals surface area contributed by atoms with Crippen LogP contribution in [0.3, 0.4) is 0 Å². The molecule has 48 heavy (non-hydrogen) atoms. The third-order valence-electron chi connectivity index (χ3n) is 7.60. The summed E-state index contributed by atoms with van der Waals surface area (Å²) < 4.78 is 25.1. The molecule has 12 nitrogen and oxygen atoms in total. The van der Waals surface area contributed by atoms with E-state index in [0.717, 1.165) is 26.8 Å². The third-order valence-corrected chi connectivity index (χ3v) is 9.76. The number of carboxylic acid groups (broad SMARTS) is 1. The normalized spacial score (nSPS) is 12.6. The van der Waals surface area contributed by atoms with Gasteiger partial charge in [-0.15, -0.1) is 11.3 Å². The first kappa shape index (κ1) is 36.2. The molecule has 4 aromatic rings. The van der Waals surface area contributed by atoms with Crippen LogP contribution in [0.5, 0.6) is 0 Å². The van der Waals surface area contributed by atoms with Crippen molar-refractivity contribution in [3.05, 3.63) is 117 Å². The molecule has 0 saturated heterocycles. The zero-order chi connectivity index (χ0) is 35.0. The van der Waals surface area contributed by atoms with Gasteiger partial charge in [-0.25, -0.2) is 18.2 Å². The molecule has 0 aliphatic heterocycles. The summed E-state index contributed by atoms with van der Waals surface area (Å²) in [5.74, 6) is -1.94. The van der Waals surface area contributed by atoms with Gasteiger partial charge in [0.1, 0.15) is 5.01 Å². The number of rotatable bonds is 15. The smallest absolute Gasteiger partial charge is 0.335 e. The molecule has 2 amide bonds. The zero-order valence-corrected chi connectivity index (χ0v) is 28.7. The number of hydrogen-bond acceptors (Lipinski definition) is 9. The summed E-state index contributed by atoms with van der Waals surface area (Å²) in [4.78, 5) is 44.3. The predicted octanol–water partition coefficient (Wildman–Crippen LogP) is 3.31. The lowest BCUT2D eigenvalue weighted by atomic mass is 10.00. The third kappa shape index (κ3) is 9.94. The second-order valence-corrected chi connectivity index (χ2v) is 14.5. The summed E-state index contributed by atoms with van der Waals surface area (Å²) in [6.45, 7) is 2.36. The molecule has 0 aliphatic carbocycles. The molecule has 14 heteroatoms. The maximum absolute atomic E-state index is 13.5. The number of thiazole rings is 1. The second kappa shape index (κ2) is 16.0. The maximum atomic E-state index is 13.5. The Bertz CT molecular complexity index is 1860. The Balaban J connectivity index is 1.47. The number of anilines is 1. The number of aromatic nitrogens is 1. The number of aliphatic hydroxyl groups excluding tert-OH is 1. The van der Waals surface area contributed by atoms with Crippen LogP contribution in [0, 0.1) is 6.92 Å². The van der Waals surface area contributed by atoms with Crippen LogP contribution in [-0.2, 0) is 29.5 Å². The fourth-order valence-electron chi connectivity index (χ4n) is 4.95.